The molecule has 3 saturated carbocycles. The lowest BCUT2D eigenvalue weighted by Crippen LogP contribution is -2.63. The molecule has 0 radical (unpaired) electrons. The van der Waals surface area contributed by atoms with Crippen molar-refractivity contribution in [2.75, 3.05) is 0 Å². The molecule has 0 aliphatic heterocycles. The van der Waals surface area contributed by atoms with Gasteiger partial charge in [-0.25, -0.2) is 9.07 Å². The quantitative estimate of drug-likeness (QED) is 0.402. The van der Waals surface area contributed by atoms with Gasteiger partial charge in [0, 0.05) is 11.6 Å². The van der Waals surface area contributed by atoms with Crippen molar-refractivity contribution in [3.63, 3.8) is 0 Å². The van der Waals surface area contributed by atoms with E-state index in [1.54, 1.807) is 18.3 Å². The van der Waals surface area contributed by atoms with Crippen molar-refractivity contribution in [2.24, 2.45) is 28.6 Å². The van der Waals surface area contributed by atoms with Crippen molar-refractivity contribution < 1.29 is 19.4 Å². The second kappa shape index (κ2) is 9.58. The SMILES string of the molecule is CC(NC(=O)[C@@]1(O)CCC2C3CCC4=Cc5c(cnn5-c5ccc(F)cc5)C[C@]4(C)C3[C@@H](O)C[C@@]21C)c1ccccn1. The smallest absolute Gasteiger partial charge is 0.253 e. The number of aliphatic hydroxyl groups is 2. The summed E-state index contributed by atoms with van der Waals surface area (Å²) in [4.78, 5) is 18.1. The van der Waals surface area contributed by atoms with Gasteiger partial charge in [0.25, 0.3) is 5.91 Å². The fourth-order valence-corrected chi connectivity index (χ4v) is 9.37. The zero-order valence-electron chi connectivity index (χ0n) is 24.4. The number of carbonyl (C=O) groups is 1. The van der Waals surface area contributed by atoms with Crippen molar-refractivity contribution in [1.29, 1.82) is 0 Å². The van der Waals surface area contributed by atoms with Gasteiger partial charge in [-0.3, -0.25) is 9.78 Å². The molecule has 0 bridgehead atoms. The summed E-state index contributed by atoms with van der Waals surface area (Å²) in [6.07, 6.45) is 9.29. The van der Waals surface area contributed by atoms with Crippen LogP contribution in [-0.4, -0.2) is 42.6 Å². The Balaban J connectivity index is 1.17. The van der Waals surface area contributed by atoms with Crippen molar-refractivity contribution in [2.45, 2.75) is 77.0 Å². The predicted molar refractivity (Wildman–Crippen MR) is 157 cm³/mol. The average Bonchev–Trinajstić information content (AvgIpc) is 3.49. The minimum absolute atomic E-state index is 0.0238. The largest absolute Gasteiger partial charge is 0.393 e. The highest BCUT2D eigenvalue weighted by atomic mass is 19.1. The van der Waals surface area contributed by atoms with E-state index in [9.17, 15) is 19.4 Å². The van der Waals surface area contributed by atoms with Crippen LogP contribution in [0.25, 0.3) is 11.8 Å². The summed E-state index contributed by atoms with van der Waals surface area (Å²) in [6.45, 7) is 6.19. The Bertz CT molecular complexity index is 1550. The maximum absolute atomic E-state index is 13.7. The van der Waals surface area contributed by atoms with E-state index in [-0.39, 0.29) is 40.9 Å². The zero-order chi connectivity index (χ0) is 29.4. The van der Waals surface area contributed by atoms with E-state index in [0.29, 0.717) is 12.8 Å². The molecule has 8 heteroatoms. The summed E-state index contributed by atoms with van der Waals surface area (Å²) in [7, 11) is 0. The van der Waals surface area contributed by atoms with Crippen molar-refractivity contribution in [3.8, 4) is 5.69 Å². The minimum atomic E-state index is -1.56. The molecule has 3 aromatic rings. The van der Waals surface area contributed by atoms with Gasteiger partial charge in [-0.05, 0) is 117 Å². The monoisotopic (exact) mass is 570 g/mol. The molecule has 2 aromatic heterocycles. The van der Waals surface area contributed by atoms with Crippen LogP contribution in [0.15, 0.2) is 60.4 Å². The molecule has 3 fully saturated rings. The van der Waals surface area contributed by atoms with Gasteiger partial charge < -0.3 is 15.5 Å². The number of carbonyl (C=O) groups excluding carboxylic acids is 1. The van der Waals surface area contributed by atoms with Gasteiger partial charge in [-0.1, -0.05) is 25.5 Å². The number of nitrogens with zero attached hydrogens (tertiary/aromatic N) is 3. The van der Waals surface area contributed by atoms with Crippen LogP contribution in [0.1, 0.15) is 75.9 Å². The van der Waals surface area contributed by atoms with Crippen LogP contribution in [0.3, 0.4) is 0 Å². The summed E-state index contributed by atoms with van der Waals surface area (Å²) in [6, 6.07) is 11.6. The molecule has 220 valence electrons. The van der Waals surface area contributed by atoms with Crippen LogP contribution in [-0.2, 0) is 11.2 Å². The molecule has 8 atom stereocenters. The lowest BCUT2D eigenvalue weighted by molar-refractivity contribution is -0.181. The lowest BCUT2D eigenvalue weighted by Gasteiger charge is -2.60. The fourth-order valence-electron chi connectivity index (χ4n) is 9.37. The van der Waals surface area contributed by atoms with E-state index in [1.165, 1.54) is 17.7 Å². The van der Waals surface area contributed by atoms with Crippen LogP contribution < -0.4 is 5.32 Å². The second-order valence-electron chi connectivity index (χ2n) is 13.6. The van der Waals surface area contributed by atoms with Crippen LogP contribution in [0.2, 0.25) is 0 Å². The molecule has 3 N–H and O–H groups in total. The van der Waals surface area contributed by atoms with E-state index in [2.05, 4.69) is 28.4 Å². The third-order valence-electron chi connectivity index (χ3n) is 11.5. The number of aliphatic hydroxyl groups excluding tert-OH is 1. The second-order valence-corrected chi connectivity index (χ2v) is 13.6. The summed E-state index contributed by atoms with van der Waals surface area (Å²) in [5.41, 5.74) is 2.50. The zero-order valence-corrected chi connectivity index (χ0v) is 24.4. The van der Waals surface area contributed by atoms with Gasteiger partial charge in [0.1, 0.15) is 11.4 Å². The maximum atomic E-state index is 13.7. The Hall–Kier alpha value is -3.36. The molecule has 7 rings (SSSR count). The molecule has 4 aliphatic rings. The molecular weight excluding hydrogens is 531 g/mol. The average molecular weight is 571 g/mol. The molecule has 0 spiro atoms. The van der Waals surface area contributed by atoms with Gasteiger partial charge in [0.2, 0.25) is 0 Å². The molecule has 7 nitrogen and oxygen atoms in total. The van der Waals surface area contributed by atoms with Gasteiger partial charge in [0.15, 0.2) is 0 Å². The first kappa shape index (κ1) is 27.5. The molecule has 42 heavy (non-hydrogen) atoms. The van der Waals surface area contributed by atoms with E-state index >= 15 is 0 Å². The van der Waals surface area contributed by atoms with Crippen LogP contribution >= 0.6 is 0 Å². The van der Waals surface area contributed by atoms with Crippen molar-refractivity contribution in [3.05, 3.63) is 83.2 Å². The molecule has 2 heterocycles. The number of allylic oxidation sites excluding steroid dienone is 1. The van der Waals surface area contributed by atoms with Gasteiger partial charge in [-0.15, -0.1) is 0 Å². The predicted octanol–water partition coefficient (Wildman–Crippen LogP) is 5.17. The molecule has 4 unspecified atom stereocenters. The van der Waals surface area contributed by atoms with Gasteiger partial charge in [-0.2, -0.15) is 5.10 Å². The van der Waals surface area contributed by atoms with E-state index in [1.807, 2.05) is 42.9 Å². The Morgan fingerprint density at radius 3 is 2.69 bits per heavy atom. The molecule has 4 aliphatic carbocycles. The maximum Gasteiger partial charge on any atom is 0.253 e. The minimum Gasteiger partial charge on any atom is -0.393 e. The lowest BCUT2D eigenvalue weighted by atomic mass is 9.45. The molecule has 1 aromatic carbocycles. The number of benzene rings is 1. The third-order valence-corrected chi connectivity index (χ3v) is 11.5. The normalized spacial score (nSPS) is 35.7. The first-order valence-corrected chi connectivity index (χ1v) is 15.2. The standard InChI is InChI=1S/C34H39FN4O3/c1-20(27-6-4-5-15-36-27)38-31(41)34(42)14-13-26-25-12-7-22-16-28-21(19-37-39(28)24-10-8-23(35)9-11-24)17-32(22,2)30(25)29(40)18-33(26,34)3/h4-6,8-11,15-16,19-20,25-26,29-30,40,42H,7,12-14,17-18H2,1-3H3,(H,38,41)/t20?,25?,26?,29-,30?,32-,33-,34-/m0/s1. The molecular formula is C34H39FN4O3. The number of amides is 1. The summed E-state index contributed by atoms with van der Waals surface area (Å²) >= 11 is 0. The number of aromatic nitrogens is 3. The summed E-state index contributed by atoms with van der Waals surface area (Å²) in [5, 5.41) is 31.7. The fraction of sp³-hybridized carbons (Fsp3) is 0.500. The number of hydrogen-bond donors (Lipinski definition) is 3. The first-order chi connectivity index (χ1) is 20.0. The van der Waals surface area contributed by atoms with E-state index in [4.69, 9.17) is 0 Å². The summed E-state index contributed by atoms with van der Waals surface area (Å²) < 4.78 is 15.4. The van der Waals surface area contributed by atoms with Crippen LogP contribution in [0, 0.1) is 34.4 Å². The van der Waals surface area contributed by atoms with E-state index < -0.39 is 17.1 Å². The third kappa shape index (κ3) is 3.87. The number of pyridine rings is 1. The van der Waals surface area contributed by atoms with Gasteiger partial charge in [0.05, 0.1) is 35.4 Å². The molecule has 1 amide bonds. The molecule has 0 saturated heterocycles. The Morgan fingerprint density at radius 1 is 1.17 bits per heavy atom. The summed E-state index contributed by atoms with van der Waals surface area (Å²) in [5.74, 6) is -0.287. The van der Waals surface area contributed by atoms with Crippen molar-refractivity contribution in [1.82, 2.24) is 20.1 Å². The Kier molecular flexibility index (Phi) is 6.26. The number of rotatable bonds is 4. The number of fused-ring (bicyclic) bond motifs is 6. The number of hydrogen-bond acceptors (Lipinski definition) is 5. The van der Waals surface area contributed by atoms with Crippen molar-refractivity contribution >= 4 is 12.0 Å². The van der Waals surface area contributed by atoms with Crippen LogP contribution in [0.4, 0.5) is 4.39 Å². The van der Waals surface area contributed by atoms with Crippen LogP contribution in [0.5, 0.6) is 0 Å². The number of nitrogens with one attached hydrogen (secondary N) is 1. The Labute approximate surface area is 245 Å². The van der Waals surface area contributed by atoms with Gasteiger partial charge >= 0.3 is 0 Å². The number of halogens is 1. The van der Waals surface area contributed by atoms with E-state index in [0.717, 1.165) is 48.3 Å². The highest BCUT2D eigenvalue weighted by molar-refractivity contribution is 5.87. The highest BCUT2D eigenvalue weighted by Crippen LogP contribution is 2.67. The topological polar surface area (TPSA) is 100 Å². The first-order valence-electron chi connectivity index (χ1n) is 15.2. The highest BCUT2D eigenvalue weighted by Gasteiger charge is 2.68. The Morgan fingerprint density at radius 2 is 1.95 bits per heavy atom.